The highest BCUT2D eigenvalue weighted by Gasteiger charge is 2.06. The molecule has 0 amide bonds. The molecule has 0 spiro atoms. The Morgan fingerprint density at radius 2 is 2.33 bits per heavy atom. The second-order valence-corrected chi connectivity index (χ2v) is 6.79. The summed E-state index contributed by atoms with van der Waals surface area (Å²) < 4.78 is 2.45. The lowest BCUT2D eigenvalue weighted by Crippen LogP contribution is -2.12. The van der Waals surface area contributed by atoms with Crippen molar-refractivity contribution < 1.29 is 0 Å². The minimum absolute atomic E-state index is 0.0368. The van der Waals surface area contributed by atoms with Gasteiger partial charge in [-0.25, -0.2) is 4.98 Å². The van der Waals surface area contributed by atoms with Gasteiger partial charge in [-0.1, -0.05) is 23.1 Å². The van der Waals surface area contributed by atoms with Gasteiger partial charge in [0.15, 0.2) is 9.30 Å². The van der Waals surface area contributed by atoms with Crippen LogP contribution in [0, 0.1) is 6.92 Å². The van der Waals surface area contributed by atoms with Gasteiger partial charge in [-0.2, -0.15) is 0 Å². The molecule has 0 saturated carbocycles. The molecule has 8 heteroatoms. The van der Waals surface area contributed by atoms with Crippen LogP contribution in [-0.4, -0.2) is 19.6 Å². The molecule has 3 aromatic rings. The molecule has 0 atom stereocenters. The lowest BCUT2D eigenvalue weighted by molar-refractivity contribution is 0.981. The predicted octanol–water partition coefficient (Wildman–Crippen LogP) is 2.21. The average Bonchev–Trinajstić information content (AvgIpc) is 2.95. The molecule has 0 aromatic carbocycles. The number of hydrogen-bond acceptors (Lipinski definition) is 7. The lowest BCUT2D eigenvalue weighted by Gasteiger charge is -1.98. The maximum atomic E-state index is 11.8. The predicted molar refractivity (Wildman–Crippen MR) is 73.5 cm³/mol. The molecule has 0 aliphatic rings. The molecule has 5 nitrogen and oxygen atoms in total. The van der Waals surface area contributed by atoms with E-state index in [0.29, 0.717) is 5.75 Å². The van der Waals surface area contributed by atoms with E-state index in [2.05, 4.69) is 15.2 Å². The largest absolute Gasteiger partial charge is 0.269 e. The Labute approximate surface area is 115 Å². The molecule has 0 aliphatic carbocycles. The number of fused-ring (bicyclic) bond motifs is 1. The van der Waals surface area contributed by atoms with Crippen molar-refractivity contribution in [3.05, 3.63) is 38.7 Å². The third kappa shape index (κ3) is 2.31. The minimum atomic E-state index is -0.0368. The molecular weight excluding hydrogens is 288 g/mol. The highest BCUT2D eigenvalue weighted by molar-refractivity contribution is 8.00. The molecule has 0 fully saturated rings. The topological polar surface area (TPSA) is 60.2 Å². The van der Waals surface area contributed by atoms with Crippen molar-refractivity contribution in [2.24, 2.45) is 0 Å². The minimum Gasteiger partial charge on any atom is -0.269 e. The number of thiazole rings is 1. The number of thioether (sulfide) groups is 1. The maximum absolute atomic E-state index is 11.8. The van der Waals surface area contributed by atoms with Gasteiger partial charge in [0, 0.05) is 23.4 Å². The van der Waals surface area contributed by atoms with Gasteiger partial charge in [-0.05, 0) is 6.92 Å². The van der Waals surface area contributed by atoms with E-state index in [4.69, 9.17) is 0 Å². The van der Waals surface area contributed by atoms with E-state index in [9.17, 15) is 4.79 Å². The monoisotopic (exact) mass is 296 g/mol. The Kier molecular flexibility index (Phi) is 3.14. The fraction of sp³-hybridized carbons (Fsp3) is 0.200. The van der Waals surface area contributed by atoms with Crippen LogP contribution in [0.5, 0.6) is 0 Å². The van der Waals surface area contributed by atoms with E-state index in [1.165, 1.54) is 11.3 Å². The SMILES string of the molecule is Cc1nnc(SCc2cc(=O)n3ccsc3n2)s1. The van der Waals surface area contributed by atoms with Crippen LogP contribution in [0.25, 0.3) is 4.96 Å². The summed E-state index contributed by atoms with van der Waals surface area (Å²) in [6, 6.07) is 1.57. The fourth-order valence-corrected chi connectivity index (χ4v) is 3.88. The van der Waals surface area contributed by atoms with Crippen LogP contribution in [0.15, 0.2) is 26.8 Å². The Morgan fingerprint density at radius 1 is 1.44 bits per heavy atom. The second kappa shape index (κ2) is 4.79. The Balaban J connectivity index is 1.84. The van der Waals surface area contributed by atoms with Crippen LogP contribution in [0.4, 0.5) is 0 Å². The van der Waals surface area contributed by atoms with Gasteiger partial charge in [0.05, 0.1) is 5.69 Å². The van der Waals surface area contributed by atoms with Gasteiger partial charge < -0.3 is 0 Å². The third-order valence-electron chi connectivity index (χ3n) is 2.21. The maximum Gasteiger partial charge on any atom is 0.258 e. The molecule has 3 rings (SSSR count). The van der Waals surface area contributed by atoms with Gasteiger partial charge >= 0.3 is 0 Å². The summed E-state index contributed by atoms with van der Waals surface area (Å²) in [6.07, 6.45) is 1.74. The zero-order valence-electron chi connectivity index (χ0n) is 9.36. The highest BCUT2D eigenvalue weighted by atomic mass is 32.2. The quantitative estimate of drug-likeness (QED) is 0.694. The molecule has 0 bridgehead atoms. The molecule has 0 aliphatic heterocycles. The van der Waals surface area contributed by atoms with Crippen LogP contribution < -0.4 is 5.56 Å². The van der Waals surface area contributed by atoms with Crippen LogP contribution in [0.2, 0.25) is 0 Å². The summed E-state index contributed by atoms with van der Waals surface area (Å²) in [4.78, 5) is 16.9. The van der Waals surface area contributed by atoms with Crippen molar-refractivity contribution in [2.75, 3.05) is 0 Å². The molecule has 0 N–H and O–H groups in total. The molecular formula is C10H8N4OS3. The zero-order chi connectivity index (χ0) is 12.5. The Bertz CT molecular complexity index is 745. The van der Waals surface area contributed by atoms with Crippen molar-refractivity contribution in [1.82, 2.24) is 19.6 Å². The van der Waals surface area contributed by atoms with Crippen LogP contribution in [0.1, 0.15) is 10.7 Å². The van der Waals surface area contributed by atoms with Crippen LogP contribution in [-0.2, 0) is 5.75 Å². The van der Waals surface area contributed by atoms with Crippen LogP contribution >= 0.6 is 34.4 Å². The molecule has 0 saturated heterocycles. The molecule has 0 unspecified atom stereocenters. The molecule has 3 aromatic heterocycles. The second-order valence-electron chi connectivity index (χ2n) is 3.52. The highest BCUT2D eigenvalue weighted by Crippen LogP contribution is 2.24. The van der Waals surface area contributed by atoms with Gasteiger partial charge in [0.25, 0.3) is 5.56 Å². The van der Waals surface area contributed by atoms with E-state index in [0.717, 1.165) is 20.0 Å². The number of hydrogen-bond donors (Lipinski definition) is 0. The van der Waals surface area contributed by atoms with E-state index in [1.54, 1.807) is 39.8 Å². The number of aryl methyl sites for hydroxylation is 1. The summed E-state index contributed by atoms with van der Waals surface area (Å²) in [7, 11) is 0. The smallest absolute Gasteiger partial charge is 0.258 e. The van der Waals surface area contributed by atoms with Gasteiger partial charge in [-0.15, -0.1) is 21.5 Å². The van der Waals surface area contributed by atoms with Crippen molar-refractivity contribution in [1.29, 1.82) is 0 Å². The first-order valence-electron chi connectivity index (χ1n) is 5.11. The summed E-state index contributed by atoms with van der Waals surface area (Å²) >= 11 is 4.56. The first-order chi connectivity index (χ1) is 8.72. The van der Waals surface area contributed by atoms with Gasteiger partial charge in [0.1, 0.15) is 5.01 Å². The number of nitrogens with zero attached hydrogens (tertiary/aromatic N) is 4. The lowest BCUT2D eigenvalue weighted by atomic mass is 10.4. The van der Waals surface area contributed by atoms with E-state index in [-0.39, 0.29) is 5.56 Å². The van der Waals surface area contributed by atoms with Gasteiger partial charge in [-0.3, -0.25) is 9.20 Å². The van der Waals surface area contributed by atoms with Crippen LogP contribution in [0.3, 0.4) is 0 Å². The Morgan fingerprint density at radius 3 is 3.11 bits per heavy atom. The number of aromatic nitrogens is 4. The zero-order valence-corrected chi connectivity index (χ0v) is 11.8. The average molecular weight is 296 g/mol. The Hall–Kier alpha value is -1.25. The van der Waals surface area contributed by atoms with Crippen molar-refractivity contribution in [2.45, 2.75) is 17.0 Å². The molecule has 3 heterocycles. The number of rotatable bonds is 3. The van der Waals surface area contributed by atoms with Gasteiger partial charge in [0.2, 0.25) is 0 Å². The van der Waals surface area contributed by atoms with E-state index >= 15 is 0 Å². The molecule has 0 radical (unpaired) electrons. The van der Waals surface area contributed by atoms with E-state index in [1.807, 2.05) is 12.3 Å². The first kappa shape index (κ1) is 11.8. The summed E-state index contributed by atoms with van der Waals surface area (Å²) in [5.74, 6) is 0.637. The summed E-state index contributed by atoms with van der Waals surface area (Å²) in [5, 5.41) is 10.8. The molecule has 18 heavy (non-hydrogen) atoms. The molecule has 92 valence electrons. The van der Waals surface area contributed by atoms with Crippen molar-refractivity contribution >= 4 is 39.4 Å². The summed E-state index contributed by atoms with van der Waals surface area (Å²) in [5.41, 5.74) is 0.741. The first-order valence-corrected chi connectivity index (χ1v) is 7.79. The fourth-order valence-electron chi connectivity index (χ4n) is 1.43. The normalized spacial score (nSPS) is 11.2. The van der Waals surface area contributed by atoms with E-state index < -0.39 is 0 Å². The third-order valence-corrected chi connectivity index (χ3v) is 4.97. The standard InChI is InChI=1S/C10H8N4OS3/c1-6-12-13-10(18-6)17-5-7-4-8(15)14-2-3-16-9(14)11-7/h2-4H,5H2,1H3. The van der Waals surface area contributed by atoms with Crippen molar-refractivity contribution in [3.63, 3.8) is 0 Å². The van der Waals surface area contributed by atoms with Crippen molar-refractivity contribution in [3.8, 4) is 0 Å². The summed E-state index contributed by atoms with van der Waals surface area (Å²) in [6.45, 7) is 1.92.